The zero-order valence-electron chi connectivity index (χ0n) is 11.7. The van der Waals surface area contributed by atoms with E-state index in [0.29, 0.717) is 11.7 Å². The van der Waals surface area contributed by atoms with Crippen LogP contribution in [0, 0.1) is 13.8 Å². The van der Waals surface area contributed by atoms with Crippen LogP contribution in [-0.2, 0) is 0 Å². The van der Waals surface area contributed by atoms with Gasteiger partial charge in [0, 0.05) is 10.0 Å². The standard InChI is InChI=1S/C15H18BrN3O/c1-9-7-11(8-10(2)13(9)16)14-18-15(20-19-14)12-5-3-4-6-17-12/h7-8,12,17H,3-6H2,1-2H3. The highest BCUT2D eigenvalue weighted by Gasteiger charge is 2.21. The van der Waals surface area contributed by atoms with Gasteiger partial charge in [0.25, 0.3) is 0 Å². The minimum Gasteiger partial charge on any atom is -0.337 e. The van der Waals surface area contributed by atoms with Gasteiger partial charge in [-0.1, -0.05) is 27.5 Å². The zero-order valence-corrected chi connectivity index (χ0v) is 13.3. The third-order valence-corrected chi connectivity index (χ3v) is 5.00. The van der Waals surface area contributed by atoms with E-state index in [-0.39, 0.29) is 6.04 Å². The molecule has 1 atom stereocenters. The van der Waals surface area contributed by atoms with Crippen LogP contribution in [-0.4, -0.2) is 16.7 Å². The molecule has 1 aliphatic rings. The van der Waals surface area contributed by atoms with Gasteiger partial charge in [0.2, 0.25) is 11.7 Å². The molecule has 1 fully saturated rings. The van der Waals surface area contributed by atoms with Crippen molar-refractivity contribution in [1.82, 2.24) is 15.5 Å². The molecule has 3 rings (SSSR count). The Labute approximate surface area is 127 Å². The van der Waals surface area contributed by atoms with Crippen LogP contribution in [0.5, 0.6) is 0 Å². The quantitative estimate of drug-likeness (QED) is 0.903. The highest BCUT2D eigenvalue weighted by atomic mass is 79.9. The Kier molecular flexibility index (Phi) is 3.89. The molecule has 4 nitrogen and oxygen atoms in total. The topological polar surface area (TPSA) is 51.0 Å². The maximum Gasteiger partial charge on any atom is 0.244 e. The van der Waals surface area contributed by atoms with Gasteiger partial charge in [0.1, 0.15) is 0 Å². The van der Waals surface area contributed by atoms with E-state index in [4.69, 9.17) is 4.52 Å². The average molecular weight is 336 g/mol. The van der Waals surface area contributed by atoms with Crippen molar-refractivity contribution < 1.29 is 4.52 Å². The van der Waals surface area contributed by atoms with Crippen LogP contribution in [0.3, 0.4) is 0 Å². The molecule has 5 heteroatoms. The Morgan fingerprint density at radius 3 is 2.65 bits per heavy atom. The number of aromatic nitrogens is 2. The SMILES string of the molecule is Cc1cc(-c2noc(C3CCCCN3)n2)cc(C)c1Br. The monoisotopic (exact) mass is 335 g/mol. The van der Waals surface area contributed by atoms with Gasteiger partial charge >= 0.3 is 0 Å². The highest BCUT2D eigenvalue weighted by molar-refractivity contribution is 9.10. The summed E-state index contributed by atoms with van der Waals surface area (Å²) < 4.78 is 6.57. The van der Waals surface area contributed by atoms with E-state index >= 15 is 0 Å². The summed E-state index contributed by atoms with van der Waals surface area (Å²) in [6.07, 6.45) is 3.51. The number of halogens is 1. The fourth-order valence-corrected chi connectivity index (χ4v) is 2.86. The van der Waals surface area contributed by atoms with Crippen LogP contribution in [0.2, 0.25) is 0 Å². The molecule has 0 spiro atoms. The number of hydrogen-bond donors (Lipinski definition) is 1. The number of hydrogen-bond acceptors (Lipinski definition) is 4. The normalized spacial score (nSPS) is 19.2. The summed E-state index contributed by atoms with van der Waals surface area (Å²) in [5, 5.41) is 7.56. The van der Waals surface area contributed by atoms with E-state index in [2.05, 4.69) is 57.4 Å². The van der Waals surface area contributed by atoms with Gasteiger partial charge in [-0.05, 0) is 56.5 Å². The predicted molar refractivity (Wildman–Crippen MR) is 81.5 cm³/mol. The smallest absolute Gasteiger partial charge is 0.244 e. The number of aryl methyl sites for hydroxylation is 2. The Hall–Kier alpha value is -1.20. The van der Waals surface area contributed by atoms with Crippen molar-refractivity contribution in [3.8, 4) is 11.4 Å². The van der Waals surface area contributed by atoms with E-state index < -0.39 is 0 Å². The Bertz CT molecular complexity index is 594. The first-order valence-corrected chi connectivity index (χ1v) is 7.78. The highest BCUT2D eigenvalue weighted by Crippen LogP contribution is 2.28. The van der Waals surface area contributed by atoms with E-state index in [1.54, 1.807) is 0 Å². The van der Waals surface area contributed by atoms with Crippen LogP contribution in [0.25, 0.3) is 11.4 Å². The molecule has 2 aromatic rings. The molecule has 1 saturated heterocycles. The van der Waals surface area contributed by atoms with E-state index in [1.165, 1.54) is 24.0 Å². The van der Waals surface area contributed by atoms with Gasteiger partial charge < -0.3 is 9.84 Å². The largest absolute Gasteiger partial charge is 0.337 e. The van der Waals surface area contributed by atoms with Gasteiger partial charge in [0.05, 0.1) is 6.04 Å². The summed E-state index contributed by atoms with van der Waals surface area (Å²) in [5.74, 6) is 1.38. The summed E-state index contributed by atoms with van der Waals surface area (Å²) in [7, 11) is 0. The number of benzene rings is 1. The molecular weight excluding hydrogens is 318 g/mol. The molecule has 1 aromatic heterocycles. The van der Waals surface area contributed by atoms with Crippen LogP contribution in [0.15, 0.2) is 21.1 Å². The van der Waals surface area contributed by atoms with E-state index in [1.807, 2.05) is 0 Å². The van der Waals surface area contributed by atoms with Gasteiger partial charge in [0.15, 0.2) is 0 Å². The summed E-state index contributed by atoms with van der Waals surface area (Å²) in [5.41, 5.74) is 3.37. The van der Waals surface area contributed by atoms with E-state index in [0.717, 1.165) is 23.0 Å². The van der Waals surface area contributed by atoms with Crippen molar-refractivity contribution >= 4 is 15.9 Å². The minimum absolute atomic E-state index is 0.211. The molecule has 1 N–H and O–H groups in total. The third kappa shape index (κ3) is 2.65. The third-order valence-electron chi connectivity index (χ3n) is 3.74. The molecule has 20 heavy (non-hydrogen) atoms. The summed E-state index contributed by atoms with van der Waals surface area (Å²) >= 11 is 3.58. The number of nitrogens with one attached hydrogen (secondary N) is 1. The Balaban J connectivity index is 1.89. The van der Waals surface area contributed by atoms with Gasteiger partial charge in [-0.2, -0.15) is 4.98 Å². The lowest BCUT2D eigenvalue weighted by Gasteiger charge is -2.19. The van der Waals surface area contributed by atoms with Gasteiger partial charge in [-0.3, -0.25) is 0 Å². The van der Waals surface area contributed by atoms with E-state index in [9.17, 15) is 0 Å². The van der Waals surface area contributed by atoms with Gasteiger partial charge in [-0.15, -0.1) is 0 Å². The second-order valence-electron chi connectivity index (χ2n) is 5.38. The van der Waals surface area contributed by atoms with Crippen molar-refractivity contribution in [3.63, 3.8) is 0 Å². The second-order valence-corrected chi connectivity index (χ2v) is 6.18. The van der Waals surface area contributed by atoms with Crippen LogP contribution < -0.4 is 5.32 Å². The van der Waals surface area contributed by atoms with Crippen molar-refractivity contribution in [2.75, 3.05) is 6.54 Å². The average Bonchev–Trinajstić information content (AvgIpc) is 2.95. The van der Waals surface area contributed by atoms with Crippen LogP contribution >= 0.6 is 15.9 Å². The lowest BCUT2D eigenvalue weighted by molar-refractivity contribution is 0.297. The lowest BCUT2D eigenvalue weighted by atomic mass is 10.0. The maximum absolute atomic E-state index is 5.43. The fourth-order valence-electron chi connectivity index (χ4n) is 2.63. The zero-order chi connectivity index (χ0) is 14.1. The number of piperidine rings is 1. The molecule has 0 radical (unpaired) electrons. The second kappa shape index (κ2) is 5.66. The first kappa shape index (κ1) is 13.8. The molecule has 0 amide bonds. The van der Waals surface area contributed by atoms with Crippen molar-refractivity contribution in [3.05, 3.63) is 33.6 Å². The Morgan fingerprint density at radius 2 is 2.00 bits per heavy atom. The molecule has 1 unspecified atom stereocenters. The molecule has 0 bridgehead atoms. The minimum atomic E-state index is 0.211. The van der Waals surface area contributed by atoms with Crippen molar-refractivity contribution in [2.45, 2.75) is 39.2 Å². The molecule has 1 aromatic carbocycles. The number of rotatable bonds is 2. The molecule has 106 valence electrons. The predicted octanol–water partition coefficient (Wildman–Crippen LogP) is 3.93. The van der Waals surface area contributed by atoms with Crippen molar-refractivity contribution in [2.24, 2.45) is 0 Å². The summed E-state index contributed by atoms with van der Waals surface area (Å²) in [4.78, 5) is 4.56. The number of nitrogens with zero attached hydrogens (tertiary/aromatic N) is 2. The Morgan fingerprint density at radius 1 is 1.25 bits per heavy atom. The molecule has 0 aliphatic carbocycles. The first-order chi connectivity index (χ1) is 9.65. The van der Waals surface area contributed by atoms with Gasteiger partial charge in [-0.25, -0.2) is 0 Å². The molecule has 1 aliphatic heterocycles. The fraction of sp³-hybridized carbons (Fsp3) is 0.467. The molecule has 2 heterocycles. The van der Waals surface area contributed by atoms with Crippen LogP contribution in [0.4, 0.5) is 0 Å². The maximum atomic E-state index is 5.43. The van der Waals surface area contributed by atoms with Crippen LogP contribution in [0.1, 0.15) is 42.3 Å². The van der Waals surface area contributed by atoms with Crippen molar-refractivity contribution in [1.29, 1.82) is 0 Å². The summed E-state index contributed by atoms with van der Waals surface area (Å²) in [6, 6.07) is 4.38. The molecular formula is C15H18BrN3O. The first-order valence-electron chi connectivity index (χ1n) is 6.99. The molecule has 0 saturated carbocycles. The lowest BCUT2D eigenvalue weighted by Crippen LogP contribution is -2.26. The summed E-state index contributed by atoms with van der Waals surface area (Å²) in [6.45, 7) is 5.17.